The van der Waals surface area contributed by atoms with Crippen molar-refractivity contribution in [2.24, 2.45) is 5.84 Å². The first kappa shape index (κ1) is 17.2. The Morgan fingerprint density at radius 1 is 1.38 bits per heavy atom. The van der Waals surface area contributed by atoms with Crippen LogP contribution in [-0.2, 0) is 6.42 Å². The Morgan fingerprint density at radius 3 is 2.52 bits per heavy atom. The Bertz CT molecular complexity index is 469. The van der Waals surface area contributed by atoms with E-state index >= 15 is 0 Å². The van der Waals surface area contributed by atoms with Gasteiger partial charge in [-0.1, -0.05) is 13.8 Å². The first-order valence-corrected chi connectivity index (χ1v) is 6.64. The lowest BCUT2D eigenvalue weighted by Gasteiger charge is -2.23. The fraction of sp³-hybridized carbons (Fsp3) is 0.538. The van der Waals surface area contributed by atoms with Gasteiger partial charge in [-0.3, -0.25) is 4.79 Å². The van der Waals surface area contributed by atoms with Crippen molar-refractivity contribution in [3.8, 4) is 0 Å². The van der Waals surface area contributed by atoms with Gasteiger partial charge in [-0.15, -0.1) is 0 Å². The number of carbonyl (C=O) groups excluding carboxylic acids is 1. The monoisotopic (exact) mass is 304 g/mol. The molecular weight excluding hydrogens is 285 g/mol. The second-order valence-electron chi connectivity index (χ2n) is 4.57. The minimum atomic E-state index is -4.43. The van der Waals surface area contributed by atoms with E-state index < -0.39 is 18.6 Å². The molecule has 0 aromatic carbocycles. The second-order valence-corrected chi connectivity index (χ2v) is 4.57. The number of nitrogens with one attached hydrogen (secondary N) is 1. The minimum Gasteiger partial charge on any atom is -0.330 e. The molecule has 0 aliphatic carbocycles. The molecule has 1 amide bonds. The lowest BCUT2D eigenvalue weighted by atomic mass is 10.1. The molecule has 0 spiro atoms. The van der Waals surface area contributed by atoms with E-state index in [1.807, 2.05) is 6.92 Å². The lowest BCUT2D eigenvalue weighted by molar-refractivity contribution is -0.140. The van der Waals surface area contributed by atoms with Crippen molar-refractivity contribution in [1.29, 1.82) is 0 Å². The second kappa shape index (κ2) is 7.26. The van der Waals surface area contributed by atoms with Gasteiger partial charge in [0.05, 0.1) is 0 Å². The molecule has 0 bridgehead atoms. The normalized spacial score (nSPS) is 11.3. The molecule has 1 aromatic rings. The fourth-order valence-electron chi connectivity index (χ4n) is 1.89. The van der Waals surface area contributed by atoms with Gasteiger partial charge in [-0.05, 0) is 25.0 Å². The van der Waals surface area contributed by atoms with E-state index in [0.717, 1.165) is 4.90 Å². The van der Waals surface area contributed by atoms with Gasteiger partial charge < -0.3 is 10.3 Å². The van der Waals surface area contributed by atoms with Crippen LogP contribution in [0.4, 0.5) is 19.0 Å². The molecule has 0 fully saturated rings. The molecule has 0 saturated heterocycles. The molecule has 0 atom stereocenters. The van der Waals surface area contributed by atoms with Crippen LogP contribution in [0.15, 0.2) is 12.1 Å². The van der Waals surface area contributed by atoms with Crippen LogP contribution in [0.25, 0.3) is 0 Å². The molecule has 0 unspecified atom stereocenters. The van der Waals surface area contributed by atoms with Gasteiger partial charge in [-0.2, -0.15) is 13.2 Å². The summed E-state index contributed by atoms with van der Waals surface area (Å²) in [5, 5.41) is 0. The molecule has 21 heavy (non-hydrogen) atoms. The van der Waals surface area contributed by atoms with Crippen molar-refractivity contribution in [2.75, 3.05) is 18.5 Å². The summed E-state index contributed by atoms with van der Waals surface area (Å²) in [5.41, 5.74) is 3.04. The number of aryl methyl sites for hydroxylation is 1. The zero-order valence-corrected chi connectivity index (χ0v) is 12.0. The molecule has 0 radical (unpaired) electrons. The number of hydrogen-bond acceptors (Lipinski definition) is 4. The number of alkyl halides is 3. The van der Waals surface area contributed by atoms with E-state index in [-0.39, 0.29) is 17.9 Å². The molecule has 1 aromatic heterocycles. The zero-order valence-electron chi connectivity index (χ0n) is 12.0. The molecule has 5 nitrogen and oxygen atoms in total. The molecule has 118 valence electrons. The number of aromatic nitrogens is 1. The van der Waals surface area contributed by atoms with Crippen LogP contribution < -0.4 is 11.3 Å². The van der Waals surface area contributed by atoms with Crippen molar-refractivity contribution in [3.05, 3.63) is 23.4 Å². The summed E-state index contributed by atoms with van der Waals surface area (Å²) < 4.78 is 37.7. The SMILES string of the molecule is CCCN(CC(F)(F)F)C(=O)c1cc(CC)nc(NN)c1. The number of carbonyl (C=O) groups is 1. The van der Waals surface area contributed by atoms with E-state index in [4.69, 9.17) is 5.84 Å². The molecular formula is C13H19F3N4O. The number of halogens is 3. The third kappa shape index (κ3) is 5.22. The molecule has 1 rings (SSSR count). The van der Waals surface area contributed by atoms with Crippen molar-refractivity contribution in [1.82, 2.24) is 9.88 Å². The van der Waals surface area contributed by atoms with Crippen LogP contribution in [0.2, 0.25) is 0 Å². The summed E-state index contributed by atoms with van der Waals surface area (Å²) >= 11 is 0. The van der Waals surface area contributed by atoms with Gasteiger partial charge >= 0.3 is 6.18 Å². The molecule has 8 heteroatoms. The Kier molecular flexibility index (Phi) is 5.95. The molecule has 0 aliphatic heterocycles. The van der Waals surface area contributed by atoms with Crippen molar-refractivity contribution in [3.63, 3.8) is 0 Å². The maximum atomic E-state index is 12.6. The molecule has 0 aliphatic rings. The Labute approximate surface area is 121 Å². The standard InChI is InChI=1S/C13H19F3N4O/c1-3-5-20(8-13(14,15)16)12(21)9-6-10(4-2)18-11(7-9)19-17/h6-7H,3-5,8,17H2,1-2H3,(H,18,19). The summed E-state index contributed by atoms with van der Waals surface area (Å²) in [6.07, 6.45) is -3.45. The van der Waals surface area contributed by atoms with Gasteiger partial charge in [0.1, 0.15) is 12.4 Å². The lowest BCUT2D eigenvalue weighted by Crippen LogP contribution is -2.39. The van der Waals surface area contributed by atoms with Gasteiger partial charge in [0.15, 0.2) is 0 Å². The van der Waals surface area contributed by atoms with Gasteiger partial charge in [0.25, 0.3) is 5.91 Å². The first-order chi connectivity index (χ1) is 9.80. The van der Waals surface area contributed by atoms with Crippen LogP contribution in [0, 0.1) is 0 Å². The van der Waals surface area contributed by atoms with E-state index in [1.54, 1.807) is 6.92 Å². The molecule has 3 N–H and O–H groups in total. The number of anilines is 1. The minimum absolute atomic E-state index is 0.0352. The maximum Gasteiger partial charge on any atom is 0.406 e. The maximum absolute atomic E-state index is 12.6. The highest BCUT2D eigenvalue weighted by molar-refractivity contribution is 5.95. The van der Waals surface area contributed by atoms with E-state index in [9.17, 15) is 18.0 Å². The largest absolute Gasteiger partial charge is 0.406 e. The average molecular weight is 304 g/mol. The highest BCUT2D eigenvalue weighted by Gasteiger charge is 2.33. The van der Waals surface area contributed by atoms with Gasteiger partial charge in [-0.25, -0.2) is 10.8 Å². The van der Waals surface area contributed by atoms with Crippen LogP contribution in [0.5, 0.6) is 0 Å². The van der Waals surface area contributed by atoms with Crippen molar-refractivity contribution < 1.29 is 18.0 Å². The highest BCUT2D eigenvalue weighted by atomic mass is 19.4. The summed E-state index contributed by atoms with van der Waals surface area (Å²) in [7, 11) is 0. The highest BCUT2D eigenvalue weighted by Crippen LogP contribution is 2.19. The average Bonchev–Trinajstić information content (AvgIpc) is 2.44. The summed E-state index contributed by atoms with van der Waals surface area (Å²) in [6, 6.07) is 2.84. The fourth-order valence-corrected chi connectivity index (χ4v) is 1.89. The summed E-state index contributed by atoms with van der Waals surface area (Å²) in [4.78, 5) is 17.2. The number of hydrazine groups is 1. The number of hydrogen-bond donors (Lipinski definition) is 2. The summed E-state index contributed by atoms with van der Waals surface area (Å²) in [6.45, 7) is 2.31. The zero-order chi connectivity index (χ0) is 16.0. The predicted molar refractivity (Wildman–Crippen MR) is 73.7 cm³/mol. The van der Waals surface area contributed by atoms with Crippen molar-refractivity contribution >= 4 is 11.7 Å². The smallest absolute Gasteiger partial charge is 0.330 e. The quantitative estimate of drug-likeness (QED) is 0.625. The predicted octanol–water partition coefficient (Wildman–Crippen LogP) is 2.34. The first-order valence-electron chi connectivity index (χ1n) is 6.64. The topological polar surface area (TPSA) is 71.2 Å². The van der Waals surface area contributed by atoms with E-state index in [2.05, 4.69) is 10.4 Å². The number of rotatable bonds is 6. The molecule has 1 heterocycles. The Morgan fingerprint density at radius 2 is 2.05 bits per heavy atom. The third-order valence-corrected chi connectivity index (χ3v) is 2.79. The van der Waals surface area contributed by atoms with Crippen LogP contribution in [0.1, 0.15) is 36.3 Å². The molecule has 0 saturated carbocycles. The Hall–Kier alpha value is -1.83. The van der Waals surface area contributed by atoms with Gasteiger partial charge in [0, 0.05) is 17.8 Å². The Balaban J connectivity index is 3.07. The summed E-state index contributed by atoms with van der Waals surface area (Å²) in [5.74, 6) is 4.83. The van der Waals surface area contributed by atoms with E-state index in [0.29, 0.717) is 18.5 Å². The number of nitrogen functional groups attached to an aromatic ring is 1. The van der Waals surface area contributed by atoms with Crippen LogP contribution in [-0.4, -0.2) is 35.1 Å². The van der Waals surface area contributed by atoms with E-state index in [1.165, 1.54) is 12.1 Å². The number of nitrogens with zero attached hydrogens (tertiary/aromatic N) is 2. The third-order valence-electron chi connectivity index (χ3n) is 2.79. The number of pyridine rings is 1. The van der Waals surface area contributed by atoms with Crippen molar-refractivity contribution in [2.45, 2.75) is 32.9 Å². The number of nitrogens with two attached hydrogens (primary N) is 1. The van der Waals surface area contributed by atoms with Crippen LogP contribution >= 0.6 is 0 Å². The van der Waals surface area contributed by atoms with Crippen LogP contribution in [0.3, 0.4) is 0 Å². The number of amides is 1. The van der Waals surface area contributed by atoms with Gasteiger partial charge in [0.2, 0.25) is 0 Å².